The molecular weight excluding hydrogens is 144 g/mol. The Morgan fingerprint density at radius 1 is 1.25 bits per heavy atom. The van der Waals surface area contributed by atoms with Crippen LogP contribution >= 0.6 is 0 Å². The van der Waals surface area contributed by atoms with Gasteiger partial charge in [0.1, 0.15) is 0 Å². The maximum atomic E-state index is 2.43. The molecule has 0 aromatic carbocycles. The van der Waals surface area contributed by atoms with Gasteiger partial charge in [-0.15, -0.1) is 0 Å². The average Bonchev–Trinajstić information content (AvgIpc) is 1.81. The molecule has 0 rings (SSSR count). The van der Waals surface area contributed by atoms with Crippen molar-refractivity contribution in [2.75, 3.05) is 0 Å². The summed E-state index contributed by atoms with van der Waals surface area (Å²) in [7, 11) is 2.36. The Balaban J connectivity index is 2.53. The lowest BCUT2D eigenvalue weighted by Crippen LogP contribution is -1.89. The highest BCUT2D eigenvalue weighted by Crippen LogP contribution is 1.93. The largest absolute Gasteiger partial charge is 0.0748 e. The highest BCUT2D eigenvalue weighted by Gasteiger charge is 1.85. The smallest absolute Gasteiger partial charge is 0.0191 e. The molecule has 0 heterocycles. The van der Waals surface area contributed by atoms with E-state index in [-0.39, 0.29) is 0 Å². The second-order valence-electron chi connectivity index (χ2n) is 2.41. The van der Waals surface area contributed by atoms with Crippen molar-refractivity contribution >= 4 is 29.3 Å². The van der Waals surface area contributed by atoms with Crippen LogP contribution in [-0.2, 0) is 0 Å². The zero-order valence-electron chi connectivity index (χ0n) is 6.24. The SMILES string of the molecule is C[SiH2]CC[SiH2]CC[SiH3]. The summed E-state index contributed by atoms with van der Waals surface area (Å²) in [6.07, 6.45) is 0. The first kappa shape index (κ1) is 8.65. The lowest BCUT2D eigenvalue weighted by atomic mass is 10.9. The zero-order chi connectivity index (χ0) is 6.24. The Hall–Kier alpha value is 0.651. The fraction of sp³-hybridized carbons (Fsp3) is 1.00. The molecular formula is C5H18Si3. The summed E-state index contributed by atoms with van der Waals surface area (Å²) in [6, 6.07) is 6.55. The van der Waals surface area contributed by atoms with Crippen LogP contribution in [0.2, 0.25) is 30.7 Å². The van der Waals surface area contributed by atoms with Gasteiger partial charge in [0.15, 0.2) is 0 Å². The molecule has 0 saturated heterocycles. The van der Waals surface area contributed by atoms with Gasteiger partial charge >= 0.3 is 0 Å². The maximum absolute atomic E-state index is 2.43. The number of rotatable bonds is 5. The van der Waals surface area contributed by atoms with E-state index in [0.717, 1.165) is 0 Å². The van der Waals surface area contributed by atoms with Crippen molar-refractivity contribution in [3.8, 4) is 0 Å². The van der Waals surface area contributed by atoms with Crippen molar-refractivity contribution in [2.45, 2.75) is 30.7 Å². The first-order valence-corrected chi connectivity index (χ1v) is 9.74. The third kappa shape index (κ3) is 6.65. The Morgan fingerprint density at radius 2 is 2.00 bits per heavy atom. The minimum Gasteiger partial charge on any atom is -0.0748 e. The quantitative estimate of drug-likeness (QED) is 0.375. The zero-order valence-corrected chi connectivity index (χ0v) is 11.1. The van der Waals surface area contributed by atoms with Gasteiger partial charge in [-0.3, -0.25) is 0 Å². The maximum Gasteiger partial charge on any atom is 0.0191 e. The van der Waals surface area contributed by atoms with Gasteiger partial charge in [0.25, 0.3) is 0 Å². The Kier molecular flexibility index (Phi) is 8.27. The third-order valence-corrected chi connectivity index (χ3v) is 7.99. The molecule has 0 radical (unpaired) electrons. The van der Waals surface area contributed by atoms with E-state index in [1.54, 1.807) is 24.2 Å². The van der Waals surface area contributed by atoms with Crippen LogP contribution < -0.4 is 0 Å². The molecule has 0 saturated carbocycles. The van der Waals surface area contributed by atoms with Gasteiger partial charge in [0.05, 0.1) is 0 Å². The molecule has 0 aromatic rings. The van der Waals surface area contributed by atoms with E-state index >= 15 is 0 Å². The third-order valence-electron chi connectivity index (χ3n) is 1.46. The minimum atomic E-state index is 0.432. The van der Waals surface area contributed by atoms with Gasteiger partial charge in [-0.2, -0.15) is 0 Å². The van der Waals surface area contributed by atoms with E-state index in [0.29, 0.717) is 19.0 Å². The molecule has 0 atom stereocenters. The molecule has 0 aromatic heterocycles. The van der Waals surface area contributed by atoms with E-state index in [2.05, 4.69) is 6.55 Å². The average molecular weight is 162 g/mol. The summed E-state index contributed by atoms with van der Waals surface area (Å²) < 4.78 is 0. The predicted molar refractivity (Wildman–Crippen MR) is 52.1 cm³/mol. The molecule has 0 fully saturated rings. The predicted octanol–water partition coefficient (Wildman–Crippen LogP) is -0.589. The van der Waals surface area contributed by atoms with Crippen LogP contribution in [0.4, 0.5) is 0 Å². The van der Waals surface area contributed by atoms with Gasteiger partial charge in [0.2, 0.25) is 0 Å². The fourth-order valence-corrected chi connectivity index (χ4v) is 6.62. The first-order valence-electron chi connectivity index (χ1n) is 3.91. The van der Waals surface area contributed by atoms with Crippen LogP contribution in [0.5, 0.6) is 0 Å². The minimum absolute atomic E-state index is 0.432. The molecule has 50 valence electrons. The van der Waals surface area contributed by atoms with E-state index in [9.17, 15) is 0 Å². The summed E-state index contributed by atoms with van der Waals surface area (Å²) in [5, 5.41) is 0. The molecule has 0 aliphatic heterocycles. The van der Waals surface area contributed by atoms with Crippen molar-refractivity contribution < 1.29 is 0 Å². The molecule has 3 heteroatoms. The van der Waals surface area contributed by atoms with Gasteiger partial charge in [0, 0.05) is 29.3 Å². The fourth-order valence-electron chi connectivity index (χ4n) is 0.854. The summed E-state index contributed by atoms with van der Waals surface area (Å²) in [6.45, 7) is 2.43. The van der Waals surface area contributed by atoms with Crippen molar-refractivity contribution in [3.63, 3.8) is 0 Å². The molecule has 0 aliphatic carbocycles. The Labute approximate surface area is 60.5 Å². The summed E-state index contributed by atoms with van der Waals surface area (Å²) in [4.78, 5) is 0. The highest BCUT2D eigenvalue weighted by atomic mass is 28.2. The van der Waals surface area contributed by atoms with Gasteiger partial charge in [-0.25, -0.2) is 0 Å². The van der Waals surface area contributed by atoms with Crippen LogP contribution in [0, 0.1) is 0 Å². The second-order valence-corrected chi connectivity index (χ2v) is 7.24. The monoisotopic (exact) mass is 162 g/mol. The number of hydrogen-bond donors (Lipinski definition) is 0. The molecule has 0 N–H and O–H groups in total. The summed E-state index contributed by atoms with van der Waals surface area (Å²) in [5.74, 6) is 0. The van der Waals surface area contributed by atoms with Crippen LogP contribution in [0.3, 0.4) is 0 Å². The van der Waals surface area contributed by atoms with Crippen molar-refractivity contribution in [1.29, 1.82) is 0 Å². The van der Waals surface area contributed by atoms with E-state index in [1.807, 2.05) is 0 Å². The van der Waals surface area contributed by atoms with Crippen LogP contribution in [0.25, 0.3) is 0 Å². The normalized spacial score (nSPS) is 13.1. The van der Waals surface area contributed by atoms with Gasteiger partial charge in [-0.1, -0.05) is 30.7 Å². The van der Waals surface area contributed by atoms with Gasteiger partial charge < -0.3 is 0 Å². The first-order chi connectivity index (χ1) is 3.91. The molecule has 8 heavy (non-hydrogen) atoms. The second kappa shape index (κ2) is 7.65. The summed E-state index contributed by atoms with van der Waals surface area (Å²) >= 11 is 0. The Morgan fingerprint density at radius 3 is 2.50 bits per heavy atom. The molecule has 0 nitrogen and oxygen atoms in total. The molecule has 0 bridgehead atoms. The lowest BCUT2D eigenvalue weighted by Gasteiger charge is -1.92. The molecule has 0 unspecified atom stereocenters. The van der Waals surface area contributed by atoms with Crippen molar-refractivity contribution in [3.05, 3.63) is 0 Å². The summed E-state index contributed by atoms with van der Waals surface area (Å²) in [5.41, 5.74) is 0. The lowest BCUT2D eigenvalue weighted by molar-refractivity contribution is 1.34. The van der Waals surface area contributed by atoms with Crippen molar-refractivity contribution in [1.82, 2.24) is 0 Å². The Bertz CT molecular complexity index is 32.7. The van der Waals surface area contributed by atoms with Crippen LogP contribution in [-0.4, -0.2) is 29.3 Å². The standard InChI is InChI=1S/C5H18Si3/c1-7-4-5-8-3-2-6/h2-5,7-8H2,1,6H3. The van der Waals surface area contributed by atoms with E-state index in [1.165, 1.54) is 10.2 Å². The van der Waals surface area contributed by atoms with E-state index in [4.69, 9.17) is 0 Å². The molecule has 0 aliphatic rings. The van der Waals surface area contributed by atoms with Crippen LogP contribution in [0.15, 0.2) is 0 Å². The highest BCUT2D eigenvalue weighted by molar-refractivity contribution is 6.41. The molecule has 0 spiro atoms. The number of hydrogen-bond acceptors (Lipinski definition) is 0. The van der Waals surface area contributed by atoms with Gasteiger partial charge in [-0.05, 0) is 0 Å². The van der Waals surface area contributed by atoms with Crippen LogP contribution in [0.1, 0.15) is 0 Å². The van der Waals surface area contributed by atoms with Crippen molar-refractivity contribution in [2.24, 2.45) is 0 Å². The van der Waals surface area contributed by atoms with E-state index < -0.39 is 0 Å². The topological polar surface area (TPSA) is 0 Å². The molecule has 0 amide bonds.